The summed E-state index contributed by atoms with van der Waals surface area (Å²) >= 11 is 0. The molecule has 6 rings (SSSR count). The third-order valence-corrected chi connectivity index (χ3v) is 7.22. The molecule has 1 atom stereocenters. The number of hydrogen-bond acceptors (Lipinski definition) is 8. The van der Waals surface area contributed by atoms with Crippen LogP contribution < -0.4 is 5.32 Å². The van der Waals surface area contributed by atoms with Crippen molar-refractivity contribution < 1.29 is 32.5 Å². The minimum atomic E-state index is -1.02. The minimum absolute atomic E-state index is 0.0703. The first-order valence-corrected chi connectivity index (χ1v) is 13.3. The summed E-state index contributed by atoms with van der Waals surface area (Å²) in [5.74, 6) is -2.13. The summed E-state index contributed by atoms with van der Waals surface area (Å²) in [6.07, 6.45) is 0.565. The average Bonchev–Trinajstić information content (AvgIpc) is 3.63. The van der Waals surface area contributed by atoms with Crippen LogP contribution in [0, 0.1) is 22.9 Å². The van der Waals surface area contributed by atoms with E-state index in [1.807, 2.05) is 0 Å². The first-order chi connectivity index (χ1) is 20.2. The van der Waals surface area contributed by atoms with Crippen molar-refractivity contribution in [2.75, 3.05) is 31.6 Å². The van der Waals surface area contributed by atoms with Crippen LogP contribution in [-0.2, 0) is 14.3 Å². The summed E-state index contributed by atoms with van der Waals surface area (Å²) in [6.45, 7) is 2.66. The van der Waals surface area contributed by atoms with Crippen molar-refractivity contribution >= 4 is 17.5 Å². The Kier molecular flexibility index (Phi) is 7.39. The van der Waals surface area contributed by atoms with E-state index in [4.69, 9.17) is 14.5 Å². The maximum atomic E-state index is 13.7. The molecule has 13 heteroatoms. The molecule has 1 unspecified atom stereocenters. The number of imidazole rings is 1. The van der Waals surface area contributed by atoms with Gasteiger partial charge in [-0.2, -0.15) is 0 Å². The number of halogens is 3. The molecule has 3 N–H and O–H groups in total. The Labute approximate surface area is 238 Å². The zero-order chi connectivity index (χ0) is 29.4. The lowest BCUT2D eigenvalue weighted by Crippen LogP contribution is -2.49. The number of anilines is 2. The molecule has 2 aromatic heterocycles. The molecular weight excluding hydrogens is 553 g/mol. The summed E-state index contributed by atoms with van der Waals surface area (Å²) in [5, 5.41) is 12.7. The van der Waals surface area contributed by atoms with Gasteiger partial charge in [-0.3, -0.25) is 4.79 Å². The van der Waals surface area contributed by atoms with Crippen molar-refractivity contribution in [3.8, 4) is 22.6 Å². The van der Waals surface area contributed by atoms with Crippen LogP contribution in [-0.4, -0.2) is 68.3 Å². The van der Waals surface area contributed by atoms with E-state index >= 15 is 0 Å². The van der Waals surface area contributed by atoms with Crippen molar-refractivity contribution in [1.82, 2.24) is 24.8 Å². The van der Waals surface area contributed by atoms with E-state index in [9.17, 15) is 23.1 Å². The molecule has 0 radical (unpaired) electrons. The van der Waals surface area contributed by atoms with E-state index in [1.165, 1.54) is 24.4 Å². The molecular formula is C29H27F3N6O4. The molecule has 4 heterocycles. The summed E-state index contributed by atoms with van der Waals surface area (Å²) in [7, 11) is 0. The number of carbonyl (C=O) groups excluding carboxylic acids is 1. The summed E-state index contributed by atoms with van der Waals surface area (Å²) in [5.41, 5.74) is 1.20. The second-order valence-electron chi connectivity index (χ2n) is 10.6. The van der Waals surface area contributed by atoms with Gasteiger partial charge in [0, 0.05) is 36.6 Å². The Hall–Kier alpha value is -4.33. The van der Waals surface area contributed by atoms with Crippen LogP contribution in [0.3, 0.4) is 0 Å². The Morgan fingerprint density at radius 1 is 1.07 bits per heavy atom. The first-order valence-electron chi connectivity index (χ1n) is 13.3. The fourth-order valence-electron chi connectivity index (χ4n) is 4.96. The zero-order valence-corrected chi connectivity index (χ0v) is 22.5. The van der Waals surface area contributed by atoms with Gasteiger partial charge >= 0.3 is 0 Å². The molecule has 42 heavy (non-hydrogen) atoms. The fourth-order valence-corrected chi connectivity index (χ4v) is 4.96. The number of aromatic nitrogens is 4. The third-order valence-electron chi connectivity index (χ3n) is 7.22. The van der Waals surface area contributed by atoms with Gasteiger partial charge in [0.15, 0.2) is 17.5 Å². The maximum Gasteiger partial charge on any atom is 0.233 e. The number of nitrogens with zero attached hydrogens (tertiary/aromatic N) is 4. The number of β-amino-alcohol motifs (C(OH)–C–C–N with tert-alkyl or cyclic N) is 1. The van der Waals surface area contributed by atoms with E-state index in [1.54, 1.807) is 30.0 Å². The number of nitrogens with one attached hydrogen (secondary N) is 2. The number of likely N-dealkylation sites (tertiary alicyclic amines) is 1. The normalized spacial score (nSPS) is 22.4. The number of H-pyrrole nitrogens is 1. The van der Waals surface area contributed by atoms with Gasteiger partial charge in [0.25, 0.3) is 0 Å². The molecule has 0 saturated carbocycles. The lowest BCUT2D eigenvalue weighted by molar-refractivity contribution is -0.234. The van der Waals surface area contributed by atoms with E-state index in [0.717, 1.165) is 12.1 Å². The highest BCUT2D eigenvalue weighted by Crippen LogP contribution is 2.37. The van der Waals surface area contributed by atoms with Crippen LogP contribution in [0.2, 0.25) is 0 Å². The topological polar surface area (TPSA) is 125 Å². The number of carbonyl (C=O) groups is 1. The number of aromatic amines is 1. The first kappa shape index (κ1) is 27.8. The summed E-state index contributed by atoms with van der Waals surface area (Å²) < 4.78 is 52.7. The van der Waals surface area contributed by atoms with Crippen LogP contribution in [0.5, 0.6) is 0 Å². The summed E-state index contributed by atoms with van der Waals surface area (Å²) in [4.78, 5) is 31.3. The Balaban J connectivity index is 1.27. The number of aliphatic hydroxyl groups is 1. The fraction of sp³-hybridized carbons (Fsp3) is 0.310. The average molecular weight is 581 g/mol. The smallest absolute Gasteiger partial charge is 0.233 e. The Morgan fingerprint density at radius 3 is 2.52 bits per heavy atom. The van der Waals surface area contributed by atoms with E-state index in [2.05, 4.69) is 20.3 Å². The molecule has 0 bridgehead atoms. The standard InChI is InChI=1S/C29H27F3N6O4/c1-29(27(40)38-11-9-19(39)13-38)14-41-26(42-15-29)25-36-23(16-2-4-17(30)5-3-16)24(37-25)22-8-10-33-28(35-22)34-18-6-7-20(31)21(32)12-18/h2-8,10,12,19,26,39H,9,11,13-15H2,1H3,(H,36,37)(H,33,34,35). The van der Waals surface area contributed by atoms with Crippen LogP contribution >= 0.6 is 0 Å². The number of amides is 1. The molecule has 218 valence electrons. The van der Waals surface area contributed by atoms with Gasteiger partial charge in [0.1, 0.15) is 5.82 Å². The van der Waals surface area contributed by atoms with Crippen molar-refractivity contribution in [3.05, 3.63) is 78.0 Å². The predicted molar refractivity (Wildman–Crippen MR) is 145 cm³/mol. The number of benzene rings is 2. The van der Waals surface area contributed by atoms with Gasteiger partial charge in [0.2, 0.25) is 18.1 Å². The number of aliphatic hydroxyl groups excluding tert-OH is 1. The highest BCUT2D eigenvalue weighted by molar-refractivity contribution is 5.83. The largest absolute Gasteiger partial charge is 0.391 e. The molecule has 0 aliphatic carbocycles. The lowest BCUT2D eigenvalue weighted by atomic mass is 9.90. The predicted octanol–water partition coefficient (Wildman–Crippen LogP) is 4.34. The number of hydrogen-bond donors (Lipinski definition) is 3. The zero-order valence-electron chi connectivity index (χ0n) is 22.5. The maximum absolute atomic E-state index is 13.7. The molecule has 0 spiro atoms. The van der Waals surface area contributed by atoms with Gasteiger partial charge in [-0.05, 0) is 55.8 Å². The quantitative estimate of drug-likeness (QED) is 0.308. The van der Waals surface area contributed by atoms with E-state index < -0.39 is 35.3 Å². The molecule has 2 saturated heterocycles. The van der Waals surface area contributed by atoms with E-state index in [-0.39, 0.29) is 37.3 Å². The number of ether oxygens (including phenoxy) is 2. The molecule has 10 nitrogen and oxygen atoms in total. The molecule has 2 aliphatic heterocycles. The van der Waals surface area contributed by atoms with Crippen LogP contribution in [0.25, 0.3) is 22.6 Å². The second kappa shape index (κ2) is 11.2. The van der Waals surface area contributed by atoms with Gasteiger partial charge < -0.3 is 29.8 Å². The third kappa shape index (κ3) is 5.58. The molecule has 4 aromatic rings. The van der Waals surface area contributed by atoms with Gasteiger partial charge in [-0.15, -0.1) is 0 Å². The molecule has 1 amide bonds. The molecule has 2 aliphatic rings. The van der Waals surface area contributed by atoms with Crippen molar-refractivity contribution in [1.29, 1.82) is 0 Å². The Morgan fingerprint density at radius 2 is 1.83 bits per heavy atom. The molecule has 2 fully saturated rings. The van der Waals surface area contributed by atoms with Gasteiger partial charge in [-0.25, -0.2) is 28.1 Å². The van der Waals surface area contributed by atoms with Crippen molar-refractivity contribution in [3.63, 3.8) is 0 Å². The summed E-state index contributed by atoms with van der Waals surface area (Å²) in [6, 6.07) is 10.7. The highest BCUT2D eigenvalue weighted by atomic mass is 19.2. The molecule has 2 aromatic carbocycles. The highest BCUT2D eigenvalue weighted by Gasteiger charge is 2.44. The SMILES string of the molecule is CC1(C(=O)N2CCC(O)C2)COC(c2nc(-c3ccc(F)cc3)c(-c3ccnc(Nc4ccc(F)c(F)c4)n3)[nH]2)OC1. The minimum Gasteiger partial charge on any atom is -0.391 e. The van der Waals surface area contributed by atoms with Crippen LogP contribution in [0.1, 0.15) is 25.5 Å². The van der Waals surface area contributed by atoms with Gasteiger partial charge in [0.05, 0.1) is 41.8 Å². The van der Waals surface area contributed by atoms with Crippen molar-refractivity contribution in [2.45, 2.75) is 25.7 Å². The van der Waals surface area contributed by atoms with Crippen LogP contribution in [0.4, 0.5) is 24.8 Å². The van der Waals surface area contributed by atoms with Crippen LogP contribution in [0.15, 0.2) is 54.7 Å². The second-order valence-corrected chi connectivity index (χ2v) is 10.6. The van der Waals surface area contributed by atoms with Gasteiger partial charge in [-0.1, -0.05) is 0 Å². The monoisotopic (exact) mass is 580 g/mol. The number of rotatable bonds is 6. The van der Waals surface area contributed by atoms with E-state index in [0.29, 0.717) is 41.4 Å². The van der Waals surface area contributed by atoms with Crippen molar-refractivity contribution in [2.24, 2.45) is 5.41 Å². The Bertz CT molecular complexity index is 1610. The lowest BCUT2D eigenvalue weighted by Gasteiger charge is -2.37.